The molecule has 0 atom stereocenters. The van der Waals surface area contributed by atoms with Crippen molar-refractivity contribution >= 4 is 22.9 Å². The number of unbranched alkanes of at least 4 members (excludes halogenated alkanes) is 1. The summed E-state index contributed by atoms with van der Waals surface area (Å²) in [6.45, 7) is 4.24. The Hall–Kier alpha value is -2.14. The van der Waals surface area contributed by atoms with Gasteiger partial charge in [-0.1, -0.05) is 31.5 Å². The number of para-hydroxylation sites is 1. The second-order valence-electron chi connectivity index (χ2n) is 5.15. The predicted octanol–water partition coefficient (Wildman–Crippen LogP) is 2.96. The molecule has 0 unspecified atom stereocenters. The quantitative estimate of drug-likeness (QED) is 0.552. The molecule has 0 saturated heterocycles. The highest BCUT2D eigenvalue weighted by molar-refractivity contribution is 5.99. The Morgan fingerprint density at radius 1 is 1.23 bits per heavy atom. The van der Waals surface area contributed by atoms with E-state index in [0.29, 0.717) is 25.1 Å². The molecule has 1 aromatic carbocycles. The number of nitrogens with one attached hydrogen (secondary N) is 2. The van der Waals surface area contributed by atoms with Gasteiger partial charge in [0.25, 0.3) is 5.56 Å². The summed E-state index contributed by atoms with van der Waals surface area (Å²) in [6, 6.07) is 7.45. The number of hydrogen-bond acceptors (Lipinski definition) is 4. The third-order valence-corrected chi connectivity index (χ3v) is 3.49. The smallest absolute Gasteiger partial charge is 0.261 e. The van der Waals surface area contributed by atoms with Crippen LogP contribution in [0.2, 0.25) is 0 Å². The molecule has 0 spiro atoms. The minimum absolute atomic E-state index is 0.144. The van der Waals surface area contributed by atoms with Crippen LogP contribution in [-0.4, -0.2) is 31.0 Å². The number of aldehydes is 1. The van der Waals surface area contributed by atoms with Crippen LogP contribution >= 0.6 is 0 Å². The van der Waals surface area contributed by atoms with Gasteiger partial charge in [-0.15, -0.1) is 0 Å². The van der Waals surface area contributed by atoms with Crippen LogP contribution in [0.3, 0.4) is 0 Å². The van der Waals surface area contributed by atoms with E-state index in [1.54, 1.807) is 0 Å². The van der Waals surface area contributed by atoms with E-state index in [1.807, 2.05) is 24.3 Å². The van der Waals surface area contributed by atoms with E-state index in [2.05, 4.69) is 17.2 Å². The number of carbonyl (C=O) groups excluding carboxylic acids is 1. The maximum atomic E-state index is 11.9. The van der Waals surface area contributed by atoms with Crippen LogP contribution in [0, 0.1) is 0 Å². The van der Waals surface area contributed by atoms with Crippen molar-refractivity contribution in [2.24, 2.45) is 0 Å². The van der Waals surface area contributed by atoms with Crippen LogP contribution in [-0.2, 0) is 4.74 Å². The summed E-state index contributed by atoms with van der Waals surface area (Å²) < 4.78 is 5.50. The summed E-state index contributed by atoms with van der Waals surface area (Å²) in [5.74, 6) is 0. The largest absolute Gasteiger partial charge is 0.384 e. The third-order valence-electron chi connectivity index (χ3n) is 3.49. The molecule has 2 aromatic rings. The lowest BCUT2D eigenvalue weighted by molar-refractivity contribution is 0.112. The van der Waals surface area contributed by atoms with Gasteiger partial charge in [0.05, 0.1) is 11.2 Å². The number of ether oxygens (including phenoxy) is 1. The molecule has 2 N–H and O–H groups in total. The van der Waals surface area contributed by atoms with Gasteiger partial charge in [-0.25, -0.2) is 0 Å². The van der Waals surface area contributed by atoms with Crippen molar-refractivity contribution in [2.45, 2.75) is 26.2 Å². The number of aromatic amines is 1. The van der Waals surface area contributed by atoms with Gasteiger partial charge in [-0.3, -0.25) is 9.59 Å². The van der Waals surface area contributed by atoms with Gasteiger partial charge in [-0.05, 0) is 18.9 Å². The normalized spacial score (nSPS) is 10.8. The van der Waals surface area contributed by atoms with E-state index in [0.717, 1.165) is 36.8 Å². The Morgan fingerprint density at radius 2 is 2.00 bits per heavy atom. The maximum Gasteiger partial charge on any atom is 0.261 e. The summed E-state index contributed by atoms with van der Waals surface area (Å²) >= 11 is 0. The van der Waals surface area contributed by atoms with E-state index in [4.69, 9.17) is 4.74 Å². The lowest BCUT2D eigenvalue weighted by Gasteiger charge is -2.12. The van der Waals surface area contributed by atoms with E-state index < -0.39 is 0 Å². The number of fused-ring (bicyclic) bond motifs is 1. The van der Waals surface area contributed by atoms with E-state index in [9.17, 15) is 9.59 Å². The molecule has 0 aliphatic carbocycles. The second-order valence-corrected chi connectivity index (χ2v) is 5.15. The lowest BCUT2D eigenvalue weighted by Crippen LogP contribution is -2.17. The fourth-order valence-corrected chi connectivity index (χ4v) is 2.30. The molecule has 1 aromatic heterocycles. The Kier molecular flexibility index (Phi) is 6.15. The van der Waals surface area contributed by atoms with Crippen molar-refractivity contribution in [2.75, 3.05) is 25.1 Å². The Labute approximate surface area is 129 Å². The number of rotatable bonds is 9. The van der Waals surface area contributed by atoms with E-state index >= 15 is 0 Å². The molecule has 0 saturated carbocycles. The number of pyridine rings is 1. The molecule has 5 nitrogen and oxygen atoms in total. The highest BCUT2D eigenvalue weighted by Gasteiger charge is 2.11. The zero-order valence-electron chi connectivity index (χ0n) is 12.9. The topological polar surface area (TPSA) is 71.2 Å². The SMILES string of the molecule is CCCCOCCCNc1c(C=O)c(=O)[nH]c2ccccc12. The predicted molar refractivity (Wildman–Crippen MR) is 88.8 cm³/mol. The molecule has 0 aliphatic heterocycles. The number of benzene rings is 1. The van der Waals surface area contributed by atoms with Gasteiger partial charge in [-0.2, -0.15) is 0 Å². The second kappa shape index (κ2) is 8.34. The van der Waals surface area contributed by atoms with Crippen molar-refractivity contribution in [3.63, 3.8) is 0 Å². The van der Waals surface area contributed by atoms with Crippen LogP contribution in [0.4, 0.5) is 5.69 Å². The Morgan fingerprint density at radius 3 is 2.77 bits per heavy atom. The van der Waals surface area contributed by atoms with Gasteiger partial charge in [0.2, 0.25) is 0 Å². The standard InChI is InChI=1S/C17H22N2O3/c1-2-3-10-22-11-6-9-18-16-13-7-4-5-8-15(13)19-17(21)14(16)12-20/h4-5,7-8,12H,2-3,6,9-11H2,1H3,(H2,18,19,21). The lowest BCUT2D eigenvalue weighted by atomic mass is 10.1. The highest BCUT2D eigenvalue weighted by Crippen LogP contribution is 2.22. The first-order valence-corrected chi connectivity index (χ1v) is 7.69. The van der Waals surface area contributed by atoms with Gasteiger partial charge in [0, 0.05) is 25.1 Å². The van der Waals surface area contributed by atoms with Crippen molar-refractivity contribution < 1.29 is 9.53 Å². The van der Waals surface area contributed by atoms with Gasteiger partial charge in [0.15, 0.2) is 6.29 Å². The van der Waals surface area contributed by atoms with Crippen molar-refractivity contribution in [3.8, 4) is 0 Å². The molecular weight excluding hydrogens is 280 g/mol. The molecule has 2 rings (SSSR count). The van der Waals surface area contributed by atoms with Crippen LogP contribution in [0.5, 0.6) is 0 Å². The molecule has 1 heterocycles. The molecule has 0 bridgehead atoms. The Bertz CT molecular complexity index is 679. The van der Waals surface area contributed by atoms with E-state index in [1.165, 1.54) is 0 Å². The molecule has 0 amide bonds. The number of carbonyl (C=O) groups is 1. The number of anilines is 1. The van der Waals surface area contributed by atoms with Crippen molar-refractivity contribution in [1.29, 1.82) is 0 Å². The molecule has 22 heavy (non-hydrogen) atoms. The number of H-pyrrole nitrogens is 1. The first-order valence-electron chi connectivity index (χ1n) is 7.69. The summed E-state index contributed by atoms with van der Waals surface area (Å²) in [5, 5.41) is 4.05. The number of aromatic nitrogens is 1. The molecule has 0 aliphatic rings. The monoisotopic (exact) mass is 302 g/mol. The van der Waals surface area contributed by atoms with Crippen LogP contribution < -0.4 is 10.9 Å². The van der Waals surface area contributed by atoms with Gasteiger partial charge >= 0.3 is 0 Å². The van der Waals surface area contributed by atoms with Crippen LogP contribution in [0.15, 0.2) is 29.1 Å². The van der Waals surface area contributed by atoms with Crippen molar-refractivity contribution in [3.05, 3.63) is 40.2 Å². The molecule has 118 valence electrons. The molecule has 0 radical (unpaired) electrons. The number of hydrogen-bond donors (Lipinski definition) is 2. The highest BCUT2D eigenvalue weighted by atomic mass is 16.5. The first kappa shape index (κ1) is 16.2. The maximum absolute atomic E-state index is 11.9. The van der Waals surface area contributed by atoms with Gasteiger partial charge in [0.1, 0.15) is 5.56 Å². The van der Waals surface area contributed by atoms with E-state index in [-0.39, 0.29) is 11.1 Å². The summed E-state index contributed by atoms with van der Waals surface area (Å²) in [4.78, 5) is 25.9. The zero-order chi connectivity index (χ0) is 15.8. The summed E-state index contributed by atoms with van der Waals surface area (Å²) in [7, 11) is 0. The Balaban J connectivity index is 2.06. The first-order chi connectivity index (χ1) is 10.8. The fourth-order valence-electron chi connectivity index (χ4n) is 2.30. The third kappa shape index (κ3) is 3.95. The van der Waals surface area contributed by atoms with Crippen LogP contribution in [0.1, 0.15) is 36.5 Å². The molecule has 0 fully saturated rings. The summed E-state index contributed by atoms with van der Waals surface area (Å²) in [5.41, 5.74) is 1.10. The van der Waals surface area contributed by atoms with Crippen molar-refractivity contribution in [1.82, 2.24) is 4.98 Å². The summed E-state index contributed by atoms with van der Waals surface area (Å²) in [6.07, 6.45) is 3.62. The minimum atomic E-state index is -0.365. The van der Waals surface area contributed by atoms with Gasteiger partial charge < -0.3 is 15.0 Å². The molecular formula is C17H22N2O3. The fraction of sp³-hybridized carbons (Fsp3) is 0.412. The molecule has 5 heteroatoms. The van der Waals surface area contributed by atoms with Crippen LogP contribution in [0.25, 0.3) is 10.9 Å². The minimum Gasteiger partial charge on any atom is -0.384 e. The average Bonchev–Trinajstić information content (AvgIpc) is 2.53. The average molecular weight is 302 g/mol. The zero-order valence-corrected chi connectivity index (χ0v) is 12.9.